The molecule has 3 rings (SSSR count). The van der Waals surface area contributed by atoms with Crippen LogP contribution in [0.5, 0.6) is 5.75 Å². The van der Waals surface area contributed by atoms with Crippen LogP contribution < -0.4 is 10.5 Å². The Balaban J connectivity index is 1.92. The Bertz CT molecular complexity index is 655. The van der Waals surface area contributed by atoms with Crippen molar-refractivity contribution in [3.8, 4) is 5.75 Å². The molecule has 2 aromatic rings. The maximum Gasteiger partial charge on any atom is 0.165 e. The molecule has 0 spiro atoms. The van der Waals surface area contributed by atoms with Crippen LogP contribution in [0.15, 0.2) is 42.5 Å². The molecule has 1 aliphatic rings. The van der Waals surface area contributed by atoms with E-state index in [-0.39, 0.29) is 11.6 Å². The molecule has 0 fully saturated rings. The number of benzene rings is 2. The van der Waals surface area contributed by atoms with E-state index in [0.717, 1.165) is 24.8 Å². The largest absolute Gasteiger partial charge is 0.494 e. The summed E-state index contributed by atoms with van der Waals surface area (Å²) in [5, 5.41) is 0. The number of rotatable bonds is 3. The number of hydrogen-bond acceptors (Lipinski definition) is 2. The molecule has 3 heteroatoms. The summed E-state index contributed by atoms with van der Waals surface area (Å²) in [6, 6.07) is 13.4. The van der Waals surface area contributed by atoms with Crippen LogP contribution in [-0.4, -0.2) is 7.11 Å². The Hall–Kier alpha value is -1.87. The number of aryl methyl sites for hydroxylation is 1. The molecule has 1 unspecified atom stereocenters. The van der Waals surface area contributed by atoms with Crippen molar-refractivity contribution < 1.29 is 9.13 Å². The van der Waals surface area contributed by atoms with Crippen molar-refractivity contribution in [2.45, 2.75) is 31.2 Å². The van der Waals surface area contributed by atoms with Gasteiger partial charge in [-0.25, -0.2) is 4.39 Å². The molecule has 2 aromatic carbocycles. The summed E-state index contributed by atoms with van der Waals surface area (Å²) >= 11 is 0. The van der Waals surface area contributed by atoms with E-state index in [1.807, 2.05) is 12.1 Å². The predicted octanol–water partition coefficient (Wildman–Crippen LogP) is 3.57. The molecular weight excluding hydrogens is 265 g/mol. The van der Waals surface area contributed by atoms with Gasteiger partial charge in [-0.05, 0) is 54.5 Å². The maximum atomic E-state index is 13.9. The van der Waals surface area contributed by atoms with Gasteiger partial charge in [0.05, 0.1) is 7.11 Å². The number of fused-ring (bicyclic) bond motifs is 1. The van der Waals surface area contributed by atoms with E-state index < -0.39 is 5.54 Å². The quantitative estimate of drug-likeness (QED) is 0.935. The van der Waals surface area contributed by atoms with Crippen molar-refractivity contribution in [2.24, 2.45) is 5.73 Å². The first-order valence-electron chi connectivity index (χ1n) is 7.32. The van der Waals surface area contributed by atoms with Crippen molar-refractivity contribution in [3.05, 3.63) is 65.0 Å². The van der Waals surface area contributed by atoms with E-state index >= 15 is 0 Å². The van der Waals surface area contributed by atoms with E-state index in [1.165, 1.54) is 24.3 Å². The number of ether oxygens (including phenoxy) is 1. The Morgan fingerprint density at radius 2 is 2.05 bits per heavy atom. The Labute approximate surface area is 124 Å². The molecule has 0 aromatic heterocycles. The first kappa shape index (κ1) is 14.1. The molecule has 110 valence electrons. The fourth-order valence-corrected chi connectivity index (χ4v) is 3.32. The second-order valence-electron chi connectivity index (χ2n) is 5.81. The van der Waals surface area contributed by atoms with Gasteiger partial charge in [-0.1, -0.05) is 30.3 Å². The van der Waals surface area contributed by atoms with Crippen molar-refractivity contribution in [3.63, 3.8) is 0 Å². The van der Waals surface area contributed by atoms with E-state index in [1.54, 1.807) is 6.07 Å². The summed E-state index contributed by atoms with van der Waals surface area (Å²) in [4.78, 5) is 0. The Kier molecular flexibility index (Phi) is 3.68. The minimum atomic E-state index is -0.407. The Morgan fingerprint density at radius 1 is 1.24 bits per heavy atom. The fraction of sp³-hybridized carbons (Fsp3) is 0.333. The molecular formula is C18H20FNO. The van der Waals surface area contributed by atoms with Gasteiger partial charge in [0.25, 0.3) is 0 Å². The SMILES string of the molecule is COc1ccc(CC2(N)CCCc3ccccc32)cc1F. The third kappa shape index (κ3) is 2.66. The lowest BCUT2D eigenvalue weighted by Crippen LogP contribution is -2.42. The first-order valence-corrected chi connectivity index (χ1v) is 7.32. The maximum absolute atomic E-state index is 13.9. The van der Waals surface area contributed by atoms with Gasteiger partial charge >= 0.3 is 0 Å². The van der Waals surface area contributed by atoms with Crippen molar-refractivity contribution in [1.29, 1.82) is 0 Å². The zero-order valence-electron chi connectivity index (χ0n) is 12.2. The lowest BCUT2D eigenvalue weighted by molar-refractivity contribution is 0.366. The number of halogens is 1. The van der Waals surface area contributed by atoms with E-state index in [9.17, 15) is 4.39 Å². The average molecular weight is 285 g/mol. The second kappa shape index (κ2) is 5.49. The van der Waals surface area contributed by atoms with Gasteiger partial charge in [-0.3, -0.25) is 0 Å². The zero-order valence-corrected chi connectivity index (χ0v) is 12.2. The highest BCUT2D eigenvalue weighted by molar-refractivity contribution is 5.38. The topological polar surface area (TPSA) is 35.2 Å². The summed E-state index contributed by atoms with van der Waals surface area (Å²) in [5.41, 5.74) is 9.69. The summed E-state index contributed by atoms with van der Waals surface area (Å²) in [7, 11) is 1.47. The van der Waals surface area contributed by atoms with Crippen LogP contribution in [0.2, 0.25) is 0 Å². The third-order valence-corrected chi connectivity index (χ3v) is 4.36. The van der Waals surface area contributed by atoms with Gasteiger partial charge in [-0.15, -0.1) is 0 Å². The minimum absolute atomic E-state index is 0.272. The molecule has 1 atom stereocenters. The van der Waals surface area contributed by atoms with Crippen LogP contribution in [0.1, 0.15) is 29.5 Å². The lowest BCUT2D eigenvalue weighted by Gasteiger charge is -2.36. The molecule has 0 aliphatic heterocycles. The normalized spacial score (nSPS) is 20.9. The highest BCUT2D eigenvalue weighted by atomic mass is 19.1. The summed E-state index contributed by atoms with van der Waals surface area (Å²) in [6.45, 7) is 0. The number of hydrogen-bond donors (Lipinski definition) is 1. The molecule has 0 heterocycles. The molecule has 21 heavy (non-hydrogen) atoms. The van der Waals surface area contributed by atoms with Crippen LogP contribution in [0.3, 0.4) is 0 Å². The third-order valence-electron chi connectivity index (χ3n) is 4.36. The smallest absolute Gasteiger partial charge is 0.165 e. The highest BCUT2D eigenvalue weighted by Crippen LogP contribution is 2.36. The molecule has 2 nitrogen and oxygen atoms in total. The Morgan fingerprint density at radius 3 is 2.81 bits per heavy atom. The van der Waals surface area contributed by atoms with Crippen molar-refractivity contribution in [2.75, 3.05) is 7.11 Å². The van der Waals surface area contributed by atoms with Crippen molar-refractivity contribution in [1.82, 2.24) is 0 Å². The summed E-state index contributed by atoms with van der Waals surface area (Å²) in [5.74, 6) is -0.0587. The van der Waals surface area contributed by atoms with Gasteiger partial charge < -0.3 is 10.5 Å². The van der Waals surface area contributed by atoms with Gasteiger partial charge in [0.1, 0.15) is 0 Å². The summed E-state index contributed by atoms with van der Waals surface area (Å²) in [6.07, 6.45) is 3.72. The van der Waals surface area contributed by atoms with E-state index in [2.05, 4.69) is 18.2 Å². The highest BCUT2D eigenvalue weighted by Gasteiger charge is 2.32. The molecule has 0 bridgehead atoms. The van der Waals surface area contributed by atoms with Gasteiger partial charge in [0.15, 0.2) is 11.6 Å². The molecule has 0 saturated heterocycles. The molecule has 0 saturated carbocycles. The minimum Gasteiger partial charge on any atom is -0.494 e. The molecule has 0 amide bonds. The summed E-state index contributed by atoms with van der Waals surface area (Å²) < 4.78 is 18.8. The van der Waals surface area contributed by atoms with Crippen LogP contribution in [0.4, 0.5) is 4.39 Å². The van der Waals surface area contributed by atoms with Crippen LogP contribution in [0.25, 0.3) is 0 Å². The standard InChI is InChI=1S/C18H20FNO/c1-21-17-9-8-13(11-16(17)19)12-18(20)10-4-6-14-5-2-3-7-15(14)18/h2-3,5,7-9,11H,4,6,10,12,20H2,1H3. The van der Waals surface area contributed by atoms with Gasteiger partial charge in [0.2, 0.25) is 0 Å². The van der Waals surface area contributed by atoms with Crippen LogP contribution >= 0.6 is 0 Å². The monoisotopic (exact) mass is 285 g/mol. The van der Waals surface area contributed by atoms with Crippen molar-refractivity contribution >= 4 is 0 Å². The number of nitrogens with two attached hydrogens (primary N) is 1. The molecule has 2 N–H and O–H groups in total. The average Bonchev–Trinajstić information content (AvgIpc) is 2.48. The lowest BCUT2D eigenvalue weighted by atomic mass is 9.74. The second-order valence-corrected chi connectivity index (χ2v) is 5.81. The predicted molar refractivity (Wildman–Crippen MR) is 81.9 cm³/mol. The van der Waals surface area contributed by atoms with E-state index in [0.29, 0.717) is 6.42 Å². The van der Waals surface area contributed by atoms with Gasteiger partial charge in [-0.2, -0.15) is 0 Å². The fourth-order valence-electron chi connectivity index (χ4n) is 3.32. The molecule has 0 radical (unpaired) electrons. The molecule has 1 aliphatic carbocycles. The van der Waals surface area contributed by atoms with Gasteiger partial charge in [0, 0.05) is 5.54 Å². The zero-order chi connectivity index (χ0) is 14.9. The van der Waals surface area contributed by atoms with E-state index in [4.69, 9.17) is 10.5 Å². The first-order chi connectivity index (χ1) is 10.1. The van der Waals surface area contributed by atoms with Crippen LogP contribution in [0, 0.1) is 5.82 Å². The number of methoxy groups -OCH3 is 1. The van der Waals surface area contributed by atoms with Crippen LogP contribution in [-0.2, 0) is 18.4 Å².